The highest BCUT2D eigenvalue weighted by Crippen LogP contribution is 2.08. The first-order chi connectivity index (χ1) is 7.25. The highest BCUT2D eigenvalue weighted by atomic mass is 35.5. The molecule has 0 aromatic carbocycles. The number of hydrogen-bond acceptors (Lipinski definition) is 4. The van der Waals surface area contributed by atoms with Crippen molar-refractivity contribution in [2.24, 2.45) is 0 Å². The van der Waals surface area contributed by atoms with Gasteiger partial charge in [0.2, 0.25) is 0 Å². The van der Waals surface area contributed by atoms with Crippen LogP contribution in [0, 0.1) is 0 Å². The summed E-state index contributed by atoms with van der Waals surface area (Å²) in [6, 6.07) is 1.10. The summed E-state index contributed by atoms with van der Waals surface area (Å²) >= 11 is 5.63. The zero-order valence-corrected chi connectivity index (χ0v) is 8.22. The first-order valence-electron chi connectivity index (χ1n) is 4.02. The van der Waals surface area contributed by atoms with E-state index in [0.717, 1.165) is 0 Å². The van der Waals surface area contributed by atoms with Crippen LogP contribution in [-0.2, 0) is 0 Å². The Balaban J connectivity index is 2.13. The molecule has 6 nitrogen and oxygen atoms in total. The molecule has 0 fully saturated rings. The molecule has 2 aromatic rings. The van der Waals surface area contributed by atoms with Gasteiger partial charge in [-0.2, -0.15) is 0 Å². The molecule has 1 amide bonds. The minimum atomic E-state index is -0.359. The molecule has 0 bridgehead atoms. The number of imidazole rings is 1. The Hall–Kier alpha value is -1.95. The fourth-order valence-corrected chi connectivity index (χ4v) is 1.10. The molecule has 0 atom stereocenters. The molecule has 7 heteroatoms. The van der Waals surface area contributed by atoms with Crippen LogP contribution >= 0.6 is 11.6 Å². The lowest BCUT2D eigenvalue weighted by Gasteiger charge is -2.03. The minimum absolute atomic E-state index is 0.269. The Morgan fingerprint density at radius 1 is 1.47 bits per heavy atom. The maximum atomic E-state index is 11.5. The maximum absolute atomic E-state index is 11.5. The molecule has 0 radical (unpaired) electrons. The normalized spacial score (nSPS) is 9.93. The molecule has 0 saturated carbocycles. The maximum Gasteiger partial charge on any atom is 0.332 e. The summed E-state index contributed by atoms with van der Waals surface area (Å²) in [5, 5.41) is 2.80. The highest BCUT2D eigenvalue weighted by Gasteiger charge is 2.04. The number of aromatic nitrogens is 4. The van der Waals surface area contributed by atoms with E-state index in [9.17, 15) is 4.79 Å². The van der Waals surface area contributed by atoms with Crippen molar-refractivity contribution in [1.29, 1.82) is 0 Å². The van der Waals surface area contributed by atoms with Gasteiger partial charge in [0.05, 0.1) is 0 Å². The summed E-state index contributed by atoms with van der Waals surface area (Å²) in [6.45, 7) is 0. The molecule has 0 spiro atoms. The summed E-state index contributed by atoms with van der Waals surface area (Å²) < 4.78 is 1.29. The van der Waals surface area contributed by atoms with Gasteiger partial charge in [-0.3, -0.25) is 9.88 Å². The van der Waals surface area contributed by atoms with Gasteiger partial charge in [-0.1, -0.05) is 11.6 Å². The number of carbonyl (C=O) groups is 1. The molecule has 0 aliphatic rings. The lowest BCUT2D eigenvalue weighted by Crippen LogP contribution is -2.18. The van der Waals surface area contributed by atoms with Gasteiger partial charge in [-0.05, 0) is 0 Å². The standard InChI is InChI=1S/C8H6ClN5O/c9-6-3-7(12-4-11-6)13-8(15)14-2-1-10-5-14/h1-5H,(H,11,12,13,15). The van der Waals surface area contributed by atoms with E-state index >= 15 is 0 Å². The van der Waals surface area contributed by atoms with Crippen LogP contribution < -0.4 is 5.32 Å². The zero-order valence-electron chi connectivity index (χ0n) is 7.46. The summed E-state index contributed by atoms with van der Waals surface area (Å²) in [4.78, 5) is 22.8. The third kappa shape index (κ3) is 2.29. The monoisotopic (exact) mass is 223 g/mol. The first-order valence-corrected chi connectivity index (χ1v) is 4.40. The van der Waals surface area contributed by atoms with E-state index in [-0.39, 0.29) is 11.2 Å². The van der Waals surface area contributed by atoms with Gasteiger partial charge in [0.15, 0.2) is 0 Å². The lowest BCUT2D eigenvalue weighted by atomic mass is 10.6. The van der Waals surface area contributed by atoms with Gasteiger partial charge in [0.1, 0.15) is 23.6 Å². The Morgan fingerprint density at radius 2 is 2.33 bits per heavy atom. The number of halogens is 1. The average Bonchev–Trinajstić information content (AvgIpc) is 2.70. The van der Waals surface area contributed by atoms with Crippen LogP contribution in [0.5, 0.6) is 0 Å². The van der Waals surface area contributed by atoms with E-state index in [4.69, 9.17) is 11.6 Å². The van der Waals surface area contributed by atoms with Gasteiger partial charge in [-0.15, -0.1) is 0 Å². The molecule has 0 saturated heterocycles. The third-order valence-electron chi connectivity index (χ3n) is 1.61. The number of hydrogen-bond donors (Lipinski definition) is 1. The summed E-state index contributed by atoms with van der Waals surface area (Å²) in [7, 11) is 0. The van der Waals surface area contributed by atoms with E-state index in [0.29, 0.717) is 5.82 Å². The van der Waals surface area contributed by atoms with E-state index < -0.39 is 0 Å². The molecular weight excluding hydrogens is 218 g/mol. The van der Waals surface area contributed by atoms with Crippen molar-refractivity contribution in [3.8, 4) is 0 Å². The van der Waals surface area contributed by atoms with Crippen molar-refractivity contribution in [1.82, 2.24) is 19.5 Å². The largest absolute Gasteiger partial charge is 0.332 e. The second-order valence-electron chi connectivity index (χ2n) is 2.63. The zero-order chi connectivity index (χ0) is 10.7. The molecular formula is C8H6ClN5O. The summed E-state index contributed by atoms with van der Waals surface area (Å²) in [5.74, 6) is 0.341. The Morgan fingerprint density at radius 3 is 3.00 bits per heavy atom. The minimum Gasteiger partial charge on any atom is -0.291 e. The second-order valence-corrected chi connectivity index (χ2v) is 3.01. The predicted molar refractivity (Wildman–Crippen MR) is 53.7 cm³/mol. The Kier molecular flexibility index (Phi) is 2.59. The number of anilines is 1. The van der Waals surface area contributed by atoms with Crippen molar-refractivity contribution < 1.29 is 4.79 Å². The van der Waals surface area contributed by atoms with Gasteiger partial charge in [0.25, 0.3) is 0 Å². The lowest BCUT2D eigenvalue weighted by molar-refractivity contribution is 0.253. The fraction of sp³-hybridized carbons (Fsp3) is 0. The quantitative estimate of drug-likeness (QED) is 0.742. The van der Waals surface area contributed by atoms with E-state index in [2.05, 4.69) is 20.3 Å². The van der Waals surface area contributed by atoms with Crippen LogP contribution in [0.1, 0.15) is 0 Å². The number of amides is 1. The van der Waals surface area contributed by atoms with Crippen LogP contribution in [0.25, 0.3) is 0 Å². The molecule has 15 heavy (non-hydrogen) atoms. The van der Waals surface area contributed by atoms with Gasteiger partial charge >= 0.3 is 6.03 Å². The molecule has 0 aliphatic heterocycles. The number of rotatable bonds is 1. The average molecular weight is 224 g/mol. The smallest absolute Gasteiger partial charge is 0.291 e. The topological polar surface area (TPSA) is 72.7 Å². The van der Waals surface area contributed by atoms with Crippen molar-refractivity contribution in [2.75, 3.05) is 5.32 Å². The molecule has 0 aliphatic carbocycles. The number of carbonyl (C=O) groups excluding carboxylic acids is 1. The van der Waals surface area contributed by atoms with Crippen LogP contribution in [0.3, 0.4) is 0 Å². The van der Waals surface area contributed by atoms with Gasteiger partial charge < -0.3 is 0 Å². The van der Waals surface area contributed by atoms with Crippen LogP contribution in [-0.4, -0.2) is 25.6 Å². The molecule has 76 valence electrons. The molecule has 2 aromatic heterocycles. The van der Waals surface area contributed by atoms with E-state index in [1.54, 1.807) is 0 Å². The molecule has 0 unspecified atom stereocenters. The molecule has 2 rings (SSSR count). The Bertz CT molecular complexity index is 470. The van der Waals surface area contributed by atoms with Crippen LogP contribution in [0.2, 0.25) is 5.15 Å². The van der Waals surface area contributed by atoms with Crippen molar-refractivity contribution in [2.45, 2.75) is 0 Å². The molecule has 2 heterocycles. The van der Waals surface area contributed by atoms with Crippen LogP contribution in [0.4, 0.5) is 10.6 Å². The molecule has 1 N–H and O–H groups in total. The summed E-state index contributed by atoms with van der Waals surface area (Å²) in [6.07, 6.45) is 5.69. The van der Waals surface area contributed by atoms with Crippen molar-refractivity contribution in [3.05, 3.63) is 36.3 Å². The first kappa shape index (κ1) is 9.60. The van der Waals surface area contributed by atoms with E-state index in [1.165, 1.54) is 35.7 Å². The van der Waals surface area contributed by atoms with Crippen molar-refractivity contribution >= 4 is 23.4 Å². The third-order valence-corrected chi connectivity index (χ3v) is 1.81. The second kappa shape index (κ2) is 4.05. The van der Waals surface area contributed by atoms with Crippen LogP contribution in [0.15, 0.2) is 31.1 Å². The summed E-state index contributed by atoms with van der Waals surface area (Å²) in [5.41, 5.74) is 0. The van der Waals surface area contributed by atoms with Gasteiger partial charge in [-0.25, -0.2) is 19.7 Å². The van der Waals surface area contributed by atoms with Crippen molar-refractivity contribution in [3.63, 3.8) is 0 Å². The number of nitrogens with zero attached hydrogens (tertiary/aromatic N) is 4. The highest BCUT2D eigenvalue weighted by molar-refractivity contribution is 6.29. The fourth-order valence-electron chi connectivity index (χ4n) is 0.955. The van der Waals surface area contributed by atoms with E-state index in [1.807, 2.05) is 0 Å². The van der Waals surface area contributed by atoms with Gasteiger partial charge in [0, 0.05) is 18.5 Å². The number of nitrogens with one attached hydrogen (secondary N) is 1. The predicted octanol–water partition coefficient (Wildman–Crippen LogP) is 1.41. The Labute approximate surface area is 89.9 Å². The SMILES string of the molecule is O=C(Nc1cc(Cl)ncn1)n1ccnc1.